The van der Waals surface area contributed by atoms with Crippen LogP contribution in [0.5, 0.6) is 0 Å². The topological polar surface area (TPSA) is 24.7 Å². The Hall–Kier alpha value is -2.19. The van der Waals surface area contributed by atoms with Gasteiger partial charge in [-0.15, -0.1) is 0 Å². The molecular weight excluding hydrogens is 328 g/mol. The van der Waals surface area contributed by atoms with E-state index >= 15 is 0 Å². The van der Waals surface area contributed by atoms with Crippen molar-refractivity contribution in [2.24, 2.45) is 15.4 Å². The third-order valence-corrected chi connectivity index (χ3v) is 4.36. The van der Waals surface area contributed by atoms with E-state index in [-0.39, 0.29) is 5.41 Å². The maximum Gasteiger partial charge on any atom is 0.135 e. The number of benzene rings is 2. The first-order chi connectivity index (χ1) is 11.8. The lowest BCUT2D eigenvalue weighted by atomic mass is 9.91. The predicted octanol–water partition coefficient (Wildman–Crippen LogP) is 6.71. The zero-order valence-electron chi connectivity index (χ0n) is 15.4. The third kappa shape index (κ3) is 3.59. The van der Waals surface area contributed by atoms with Crippen LogP contribution >= 0.6 is 11.6 Å². The number of hydrogen-bond donors (Lipinski definition) is 0. The molecule has 0 saturated carbocycles. The van der Waals surface area contributed by atoms with Gasteiger partial charge in [0.15, 0.2) is 0 Å². The number of allylic oxidation sites excluding steroid dienone is 2. The zero-order valence-corrected chi connectivity index (χ0v) is 16.1. The highest BCUT2D eigenvalue weighted by molar-refractivity contribution is 6.37. The van der Waals surface area contributed by atoms with E-state index in [1.54, 1.807) is 0 Å². The maximum atomic E-state index is 6.25. The first-order valence-electron chi connectivity index (χ1n) is 8.48. The molecule has 0 atom stereocenters. The van der Waals surface area contributed by atoms with Crippen LogP contribution in [0.1, 0.15) is 45.7 Å². The van der Waals surface area contributed by atoms with Crippen LogP contribution in [0.2, 0.25) is 5.02 Å². The summed E-state index contributed by atoms with van der Waals surface area (Å²) in [6.45, 7) is 10.6. The molecule has 0 aromatic heterocycles. The number of hydrogen-bond acceptors (Lipinski definition) is 2. The second-order valence-electron chi connectivity index (χ2n) is 7.55. The van der Waals surface area contributed by atoms with E-state index in [9.17, 15) is 0 Å². The fourth-order valence-electron chi connectivity index (χ4n) is 2.88. The number of halogens is 1. The fourth-order valence-corrected chi connectivity index (χ4v) is 3.05. The molecule has 1 aliphatic heterocycles. The SMILES string of the molecule is CC(C)=C1C(c2ccccc2)=NC(C(C)(C)C)=Nc2cc(Cl)ccc21. The summed E-state index contributed by atoms with van der Waals surface area (Å²) in [5.74, 6) is 0.811. The van der Waals surface area contributed by atoms with Crippen molar-refractivity contribution in [1.82, 2.24) is 0 Å². The Bertz CT molecular complexity index is 893. The van der Waals surface area contributed by atoms with Gasteiger partial charge in [0.1, 0.15) is 5.84 Å². The van der Waals surface area contributed by atoms with Crippen LogP contribution in [0.4, 0.5) is 5.69 Å². The highest BCUT2D eigenvalue weighted by Gasteiger charge is 2.26. The lowest BCUT2D eigenvalue weighted by Crippen LogP contribution is -2.20. The third-order valence-electron chi connectivity index (χ3n) is 4.13. The van der Waals surface area contributed by atoms with Crippen molar-refractivity contribution in [1.29, 1.82) is 0 Å². The molecule has 2 aromatic rings. The van der Waals surface area contributed by atoms with Crippen molar-refractivity contribution in [2.75, 3.05) is 0 Å². The molecule has 0 fully saturated rings. The summed E-state index contributed by atoms with van der Waals surface area (Å²) in [6.07, 6.45) is 0. The molecule has 0 aliphatic carbocycles. The van der Waals surface area contributed by atoms with Crippen molar-refractivity contribution in [2.45, 2.75) is 34.6 Å². The second-order valence-corrected chi connectivity index (χ2v) is 7.98. The van der Waals surface area contributed by atoms with Gasteiger partial charge in [-0.3, -0.25) is 0 Å². The molecule has 0 saturated heterocycles. The van der Waals surface area contributed by atoms with Crippen molar-refractivity contribution < 1.29 is 0 Å². The van der Waals surface area contributed by atoms with Gasteiger partial charge in [-0.2, -0.15) is 0 Å². The Morgan fingerprint density at radius 1 is 0.920 bits per heavy atom. The lowest BCUT2D eigenvalue weighted by Gasteiger charge is -2.18. The minimum Gasteiger partial charge on any atom is -0.232 e. The molecule has 0 bridgehead atoms. The molecule has 3 rings (SSSR count). The number of nitrogens with zero attached hydrogens (tertiary/aromatic N) is 2. The number of rotatable bonds is 1. The van der Waals surface area contributed by atoms with E-state index in [0.717, 1.165) is 33.9 Å². The molecule has 128 valence electrons. The summed E-state index contributed by atoms with van der Waals surface area (Å²) in [6, 6.07) is 16.2. The minimum atomic E-state index is -0.170. The molecule has 3 heteroatoms. The predicted molar refractivity (Wildman–Crippen MR) is 109 cm³/mol. The van der Waals surface area contributed by atoms with Crippen molar-refractivity contribution in [3.8, 4) is 0 Å². The molecule has 0 unspecified atom stereocenters. The minimum absolute atomic E-state index is 0.170. The van der Waals surface area contributed by atoms with E-state index in [4.69, 9.17) is 21.6 Å². The van der Waals surface area contributed by atoms with E-state index in [1.807, 2.05) is 36.4 Å². The van der Waals surface area contributed by atoms with E-state index in [2.05, 4.69) is 46.8 Å². The van der Waals surface area contributed by atoms with Gasteiger partial charge in [0.2, 0.25) is 0 Å². The van der Waals surface area contributed by atoms with Crippen LogP contribution in [0.15, 0.2) is 64.1 Å². The molecule has 1 aliphatic rings. The molecule has 2 aromatic carbocycles. The second kappa shape index (κ2) is 6.61. The smallest absolute Gasteiger partial charge is 0.135 e. The monoisotopic (exact) mass is 350 g/mol. The molecule has 2 nitrogen and oxygen atoms in total. The van der Waals surface area contributed by atoms with Crippen LogP contribution in [-0.4, -0.2) is 11.5 Å². The molecule has 0 N–H and O–H groups in total. The molecule has 0 amide bonds. The van der Waals surface area contributed by atoms with Crippen LogP contribution in [0, 0.1) is 5.41 Å². The fraction of sp³-hybridized carbons (Fsp3) is 0.273. The maximum absolute atomic E-state index is 6.25. The molecule has 0 radical (unpaired) electrons. The summed E-state index contributed by atoms with van der Waals surface area (Å²) in [4.78, 5) is 9.92. The number of aliphatic imine (C=N–C) groups is 2. The Labute approximate surface area is 155 Å². The van der Waals surface area contributed by atoms with Gasteiger partial charge in [-0.05, 0) is 26.0 Å². The van der Waals surface area contributed by atoms with Gasteiger partial charge in [0.25, 0.3) is 0 Å². The van der Waals surface area contributed by atoms with Crippen LogP contribution < -0.4 is 0 Å². The van der Waals surface area contributed by atoms with Crippen LogP contribution in [0.25, 0.3) is 5.57 Å². The van der Waals surface area contributed by atoms with Crippen LogP contribution in [0.3, 0.4) is 0 Å². The van der Waals surface area contributed by atoms with E-state index < -0.39 is 0 Å². The van der Waals surface area contributed by atoms with Crippen molar-refractivity contribution >= 4 is 34.4 Å². The van der Waals surface area contributed by atoms with Gasteiger partial charge in [0.05, 0.1) is 11.4 Å². The van der Waals surface area contributed by atoms with E-state index in [1.165, 1.54) is 5.57 Å². The molecule has 1 heterocycles. The Balaban J connectivity index is 2.37. The number of fused-ring (bicyclic) bond motifs is 1. The van der Waals surface area contributed by atoms with Gasteiger partial charge in [-0.1, -0.05) is 74.3 Å². The van der Waals surface area contributed by atoms with Gasteiger partial charge < -0.3 is 0 Å². The van der Waals surface area contributed by atoms with Gasteiger partial charge in [-0.25, -0.2) is 9.98 Å². The quantitative estimate of drug-likeness (QED) is 0.545. The van der Waals surface area contributed by atoms with E-state index in [0.29, 0.717) is 5.02 Å². The highest BCUT2D eigenvalue weighted by atomic mass is 35.5. The first kappa shape index (κ1) is 17.6. The Morgan fingerprint density at radius 2 is 1.60 bits per heavy atom. The van der Waals surface area contributed by atoms with Gasteiger partial charge >= 0.3 is 0 Å². The van der Waals surface area contributed by atoms with Crippen molar-refractivity contribution in [3.05, 3.63) is 70.3 Å². The summed E-state index contributed by atoms with van der Waals surface area (Å²) in [7, 11) is 0. The van der Waals surface area contributed by atoms with Crippen LogP contribution in [-0.2, 0) is 0 Å². The summed E-state index contributed by atoms with van der Waals surface area (Å²) in [5.41, 5.74) is 6.18. The normalized spacial score (nSPS) is 14.4. The summed E-state index contributed by atoms with van der Waals surface area (Å²) >= 11 is 6.25. The molecule has 25 heavy (non-hydrogen) atoms. The molecular formula is C22H23ClN2. The standard InChI is InChI=1S/C22H23ClN2/c1-14(2)19-17-12-11-16(23)13-18(17)24-21(22(3,4)5)25-20(19)15-9-7-6-8-10-15/h6-13H,1-5H3. The summed E-state index contributed by atoms with van der Waals surface area (Å²) < 4.78 is 0. The largest absolute Gasteiger partial charge is 0.232 e. The highest BCUT2D eigenvalue weighted by Crippen LogP contribution is 2.38. The zero-order chi connectivity index (χ0) is 18.2. The Morgan fingerprint density at radius 3 is 2.20 bits per heavy atom. The first-order valence-corrected chi connectivity index (χ1v) is 8.86. The number of amidine groups is 1. The average Bonchev–Trinajstić information content (AvgIpc) is 2.71. The lowest BCUT2D eigenvalue weighted by molar-refractivity contribution is 0.586. The van der Waals surface area contributed by atoms with Gasteiger partial charge in [0, 0.05) is 27.1 Å². The van der Waals surface area contributed by atoms with Crippen molar-refractivity contribution in [3.63, 3.8) is 0 Å². The average molecular weight is 351 g/mol. The Kier molecular flexibility index (Phi) is 4.66. The molecule has 0 spiro atoms. The summed E-state index contributed by atoms with van der Waals surface area (Å²) in [5, 5.41) is 0.687.